The number of hydrogen-bond donors (Lipinski definition) is 1. The summed E-state index contributed by atoms with van der Waals surface area (Å²) in [6.45, 7) is 16.3. The van der Waals surface area contributed by atoms with Gasteiger partial charge in [0.1, 0.15) is 6.04 Å². The Kier molecular flexibility index (Phi) is 9.91. The molecule has 0 aliphatic rings. The van der Waals surface area contributed by atoms with Crippen molar-refractivity contribution < 1.29 is 0 Å². The highest BCUT2D eigenvalue weighted by molar-refractivity contribution is 4.93. The first-order valence-electron chi connectivity index (χ1n) is 7.73. The zero-order valence-corrected chi connectivity index (χ0v) is 13.7. The van der Waals surface area contributed by atoms with Crippen molar-refractivity contribution in [2.24, 2.45) is 11.8 Å². The molecule has 0 bridgehead atoms. The Balaban J connectivity index is 4.32. The summed E-state index contributed by atoms with van der Waals surface area (Å²) in [4.78, 5) is 2.45. The fraction of sp³-hybridized carbons (Fsp3) is 0.938. The summed E-state index contributed by atoms with van der Waals surface area (Å²) >= 11 is 0. The van der Waals surface area contributed by atoms with E-state index in [0.717, 1.165) is 31.5 Å². The van der Waals surface area contributed by atoms with Crippen LogP contribution in [0.15, 0.2) is 0 Å². The molecule has 112 valence electrons. The largest absolute Gasteiger partial charge is 0.301 e. The SMILES string of the molecule is CC(C)CCN(CCC(C)C)CC(C#N)NC(C)C. The van der Waals surface area contributed by atoms with Gasteiger partial charge in [-0.3, -0.25) is 5.32 Å². The van der Waals surface area contributed by atoms with E-state index in [9.17, 15) is 5.26 Å². The Labute approximate surface area is 120 Å². The smallest absolute Gasteiger partial charge is 0.108 e. The average molecular weight is 267 g/mol. The molecule has 0 rings (SSSR count). The van der Waals surface area contributed by atoms with Gasteiger partial charge in [0, 0.05) is 12.6 Å². The summed E-state index contributed by atoms with van der Waals surface area (Å²) in [5, 5.41) is 12.6. The summed E-state index contributed by atoms with van der Waals surface area (Å²) in [6.07, 6.45) is 2.41. The number of hydrogen-bond acceptors (Lipinski definition) is 3. The van der Waals surface area contributed by atoms with E-state index in [-0.39, 0.29) is 6.04 Å². The molecule has 3 nitrogen and oxygen atoms in total. The molecule has 0 saturated heterocycles. The molecule has 1 unspecified atom stereocenters. The lowest BCUT2D eigenvalue weighted by molar-refractivity contribution is 0.228. The zero-order valence-electron chi connectivity index (χ0n) is 13.7. The highest BCUT2D eigenvalue weighted by atomic mass is 15.1. The van der Waals surface area contributed by atoms with E-state index < -0.39 is 0 Å². The van der Waals surface area contributed by atoms with Crippen LogP contribution in [0.5, 0.6) is 0 Å². The van der Waals surface area contributed by atoms with Gasteiger partial charge in [-0.25, -0.2) is 0 Å². The summed E-state index contributed by atoms with van der Waals surface area (Å²) < 4.78 is 0. The number of nitrogens with one attached hydrogen (secondary N) is 1. The average Bonchev–Trinajstić information content (AvgIpc) is 2.30. The maximum atomic E-state index is 9.24. The lowest BCUT2D eigenvalue weighted by atomic mass is 10.1. The fourth-order valence-electron chi connectivity index (χ4n) is 1.97. The zero-order chi connectivity index (χ0) is 14.8. The third-order valence-corrected chi connectivity index (χ3v) is 3.18. The molecule has 0 aromatic rings. The van der Waals surface area contributed by atoms with Crippen molar-refractivity contribution in [3.8, 4) is 6.07 Å². The van der Waals surface area contributed by atoms with Crippen molar-refractivity contribution in [1.82, 2.24) is 10.2 Å². The van der Waals surface area contributed by atoms with E-state index in [1.54, 1.807) is 0 Å². The van der Waals surface area contributed by atoms with Crippen LogP contribution in [0.1, 0.15) is 54.4 Å². The predicted molar refractivity (Wildman–Crippen MR) is 83.0 cm³/mol. The van der Waals surface area contributed by atoms with Crippen LogP contribution >= 0.6 is 0 Å². The maximum absolute atomic E-state index is 9.24. The monoisotopic (exact) mass is 267 g/mol. The van der Waals surface area contributed by atoms with Crippen molar-refractivity contribution >= 4 is 0 Å². The molecule has 0 aromatic heterocycles. The molecule has 0 heterocycles. The van der Waals surface area contributed by atoms with Crippen LogP contribution in [0.4, 0.5) is 0 Å². The minimum atomic E-state index is -0.0562. The highest BCUT2D eigenvalue weighted by Crippen LogP contribution is 2.07. The first-order chi connectivity index (χ1) is 8.85. The van der Waals surface area contributed by atoms with Gasteiger partial charge in [-0.1, -0.05) is 27.7 Å². The van der Waals surface area contributed by atoms with Gasteiger partial charge in [-0.2, -0.15) is 5.26 Å². The number of nitrogens with zero attached hydrogens (tertiary/aromatic N) is 2. The van der Waals surface area contributed by atoms with Gasteiger partial charge in [0.25, 0.3) is 0 Å². The summed E-state index contributed by atoms with van der Waals surface area (Å²) in [7, 11) is 0. The molecule has 0 fully saturated rings. The minimum Gasteiger partial charge on any atom is -0.301 e. The molecule has 0 amide bonds. The van der Waals surface area contributed by atoms with Gasteiger partial charge in [0.15, 0.2) is 0 Å². The molecule has 0 aliphatic carbocycles. The van der Waals surface area contributed by atoms with Crippen molar-refractivity contribution in [3.63, 3.8) is 0 Å². The van der Waals surface area contributed by atoms with Gasteiger partial charge in [0.2, 0.25) is 0 Å². The topological polar surface area (TPSA) is 39.1 Å². The van der Waals surface area contributed by atoms with Crippen LogP contribution in [-0.4, -0.2) is 36.6 Å². The molecular formula is C16H33N3. The van der Waals surface area contributed by atoms with Crippen molar-refractivity contribution in [1.29, 1.82) is 5.26 Å². The van der Waals surface area contributed by atoms with Crippen LogP contribution < -0.4 is 5.32 Å². The Morgan fingerprint density at radius 3 is 1.74 bits per heavy atom. The van der Waals surface area contributed by atoms with Gasteiger partial charge in [-0.15, -0.1) is 0 Å². The second kappa shape index (κ2) is 10.2. The van der Waals surface area contributed by atoms with Gasteiger partial charge in [-0.05, 0) is 51.6 Å². The first-order valence-corrected chi connectivity index (χ1v) is 7.73. The normalized spacial score (nSPS) is 13.5. The Hall–Kier alpha value is -0.590. The lowest BCUT2D eigenvalue weighted by Crippen LogP contribution is -2.44. The Morgan fingerprint density at radius 1 is 0.947 bits per heavy atom. The molecule has 1 N–H and O–H groups in total. The number of rotatable bonds is 10. The molecule has 0 saturated carbocycles. The first kappa shape index (κ1) is 18.4. The van der Waals surface area contributed by atoms with E-state index in [1.807, 2.05) is 0 Å². The van der Waals surface area contributed by atoms with Gasteiger partial charge >= 0.3 is 0 Å². The Morgan fingerprint density at radius 2 is 1.42 bits per heavy atom. The highest BCUT2D eigenvalue weighted by Gasteiger charge is 2.15. The number of nitriles is 1. The minimum absolute atomic E-state index is 0.0562. The second-order valence-corrected chi connectivity index (χ2v) is 6.67. The van der Waals surface area contributed by atoms with Crippen LogP contribution in [0.2, 0.25) is 0 Å². The van der Waals surface area contributed by atoms with Crippen molar-refractivity contribution in [2.45, 2.75) is 66.5 Å². The van der Waals surface area contributed by atoms with E-state index in [2.05, 4.69) is 57.8 Å². The Bertz CT molecular complexity index is 241. The van der Waals surface area contributed by atoms with Gasteiger partial charge < -0.3 is 4.90 Å². The van der Waals surface area contributed by atoms with E-state index in [4.69, 9.17) is 0 Å². The van der Waals surface area contributed by atoms with Crippen molar-refractivity contribution in [3.05, 3.63) is 0 Å². The summed E-state index contributed by atoms with van der Waals surface area (Å²) in [6, 6.07) is 2.69. The second-order valence-electron chi connectivity index (χ2n) is 6.67. The maximum Gasteiger partial charge on any atom is 0.108 e. The fourth-order valence-corrected chi connectivity index (χ4v) is 1.97. The van der Waals surface area contributed by atoms with Gasteiger partial charge in [0.05, 0.1) is 6.07 Å². The third kappa shape index (κ3) is 11.0. The molecule has 0 radical (unpaired) electrons. The van der Waals surface area contributed by atoms with Crippen LogP contribution in [0, 0.1) is 23.2 Å². The van der Waals surface area contributed by atoms with Crippen LogP contribution in [0.25, 0.3) is 0 Å². The van der Waals surface area contributed by atoms with Crippen LogP contribution in [0.3, 0.4) is 0 Å². The van der Waals surface area contributed by atoms with E-state index in [1.165, 1.54) is 12.8 Å². The predicted octanol–water partition coefficient (Wildman–Crippen LogP) is 3.27. The summed E-state index contributed by atoms with van der Waals surface area (Å²) in [5.41, 5.74) is 0. The third-order valence-electron chi connectivity index (χ3n) is 3.18. The standard InChI is InChI=1S/C16H33N3/c1-13(2)7-9-19(10-8-14(3)4)12-16(11-17)18-15(5)6/h13-16,18H,7-10,12H2,1-6H3. The molecule has 0 spiro atoms. The molecule has 3 heteroatoms. The van der Waals surface area contributed by atoms with E-state index in [0.29, 0.717) is 6.04 Å². The molecule has 0 aliphatic heterocycles. The molecule has 0 aromatic carbocycles. The molecule has 1 atom stereocenters. The molecular weight excluding hydrogens is 234 g/mol. The quantitative estimate of drug-likeness (QED) is 0.660. The van der Waals surface area contributed by atoms with Crippen molar-refractivity contribution in [2.75, 3.05) is 19.6 Å². The summed E-state index contributed by atoms with van der Waals surface area (Å²) in [5.74, 6) is 1.44. The van der Waals surface area contributed by atoms with E-state index >= 15 is 0 Å². The van der Waals surface area contributed by atoms with Crippen LogP contribution in [-0.2, 0) is 0 Å². The molecule has 19 heavy (non-hydrogen) atoms. The lowest BCUT2D eigenvalue weighted by Gasteiger charge is -2.27.